The van der Waals surface area contributed by atoms with Crippen molar-refractivity contribution in [2.24, 2.45) is 0 Å². The first-order chi connectivity index (χ1) is 9.78. The zero-order chi connectivity index (χ0) is 15.6. The predicted molar refractivity (Wildman–Crippen MR) is 72.0 cm³/mol. The lowest BCUT2D eigenvalue weighted by Crippen LogP contribution is -2.41. The van der Waals surface area contributed by atoms with E-state index >= 15 is 0 Å². The first-order valence-corrected chi connectivity index (χ1v) is 6.24. The maximum absolute atomic E-state index is 11.9. The van der Waals surface area contributed by atoms with Gasteiger partial charge in [0.2, 0.25) is 0 Å². The Balaban J connectivity index is 2.38. The number of hydrogen-bond donors (Lipinski definition) is 0. The quantitative estimate of drug-likeness (QED) is 0.358. The lowest BCUT2D eigenvalue weighted by atomic mass is 10.1. The third-order valence-electron chi connectivity index (χ3n) is 2.59. The number of esters is 3. The average Bonchev–Trinajstić information content (AvgIpc) is 2.33. The highest BCUT2D eigenvalue weighted by Crippen LogP contribution is 2.27. The van der Waals surface area contributed by atoms with Crippen molar-refractivity contribution < 1.29 is 28.6 Å². The highest BCUT2D eigenvalue weighted by Gasteiger charge is 2.38. The number of ether oxygens (including phenoxy) is 3. The van der Waals surface area contributed by atoms with E-state index in [-0.39, 0.29) is 11.3 Å². The normalized spacial score (nSPS) is 16.8. The molecule has 6 nitrogen and oxygen atoms in total. The van der Waals surface area contributed by atoms with Crippen molar-refractivity contribution in [3.63, 3.8) is 0 Å². The fourth-order valence-electron chi connectivity index (χ4n) is 1.78. The summed E-state index contributed by atoms with van der Waals surface area (Å²) < 4.78 is 15.0. The van der Waals surface area contributed by atoms with Crippen LogP contribution in [0.15, 0.2) is 29.8 Å². The third-order valence-corrected chi connectivity index (χ3v) is 2.59. The molecule has 0 atom stereocenters. The number of rotatable bonds is 2. The summed E-state index contributed by atoms with van der Waals surface area (Å²) in [5, 5.41) is 0. The minimum atomic E-state index is -1.29. The van der Waals surface area contributed by atoms with E-state index in [1.165, 1.54) is 26.8 Å². The maximum atomic E-state index is 11.9. The molecule has 1 aromatic rings. The topological polar surface area (TPSA) is 78.9 Å². The fraction of sp³-hybridized carbons (Fsp3) is 0.267. The van der Waals surface area contributed by atoms with Crippen molar-refractivity contribution in [2.75, 3.05) is 0 Å². The summed E-state index contributed by atoms with van der Waals surface area (Å²) in [6.45, 7) is 4.19. The zero-order valence-corrected chi connectivity index (χ0v) is 11.8. The zero-order valence-electron chi connectivity index (χ0n) is 11.8. The molecule has 110 valence electrons. The van der Waals surface area contributed by atoms with Gasteiger partial charge >= 0.3 is 17.9 Å². The lowest BCUT2D eigenvalue weighted by Gasteiger charge is -2.29. The lowest BCUT2D eigenvalue weighted by molar-refractivity contribution is -0.222. The van der Waals surface area contributed by atoms with Gasteiger partial charge in [0.25, 0.3) is 5.79 Å². The molecule has 0 N–H and O–H groups in total. The monoisotopic (exact) mass is 290 g/mol. The van der Waals surface area contributed by atoms with E-state index < -0.39 is 23.7 Å². The molecule has 0 amide bonds. The van der Waals surface area contributed by atoms with Crippen LogP contribution in [0.1, 0.15) is 26.3 Å². The molecular formula is C15H14O6. The molecule has 1 fully saturated rings. The van der Waals surface area contributed by atoms with Gasteiger partial charge in [-0.3, -0.25) is 4.79 Å². The molecule has 0 aliphatic carbocycles. The fourth-order valence-corrected chi connectivity index (χ4v) is 1.78. The number of carbonyl (C=O) groups excluding carboxylic acids is 3. The molecule has 1 aliphatic heterocycles. The van der Waals surface area contributed by atoms with Crippen LogP contribution in [0.2, 0.25) is 0 Å². The van der Waals surface area contributed by atoms with E-state index in [1.807, 2.05) is 0 Å². The SMILES string of the molecule is CC(=O)Oc1ccccc1C=C1C(=O)OC(C)(C)OC1=O. The molecule has 1 heterocycles. The molecule has 0 saturated carbocycles. The van der Waals surface area contributed by atoms with Gasteiger partial charge in [0.15, 0.2) is 0 Å². The van der Waals surface area contributed by atoms with Crippen molar-refractivity contribution in [1.82, 2.24) is 0 Å². The Bertz CT molecular complexity index is 619. The smallest absolute Gasteiger partial charge is 0.348 e. The Kier molecular flexibility index (Phi) is 3.80. The molecule has 0 radical (unpaired) electrons. The first kappa shape index (κ1) is 14.8. The van der Waals surface area contributed by atoms with Gasteiger partial charge in [-0.25, -0.2) is 9.59 Å². The number of para-hydroxylation sites is 1. The highest BCUT2D eigenvalue weighted by molar-refractivity contribution is 6.19. The molecule has 1 aliphatic rings. The van der Waals surface area contributed by atoms with Gasteiger partial charge in [-0.2, -0.15) is 0 Å². The Morgan fingerprint density at radius 2 is 1.71 bits per heavy atom. The van der Waals surface area contributed by atoms with Gasteiger partial charge in [-0.05, 0) is 12.1 Å². The summed E-state index contributed by atoms with van der Waals surface area (Å²) in [4.78, 5) is 34.8. The van der Waals surface area contributed by atoms with Gasteiger partial charge in [0.1, 0.15) is 11.3 Å². The second-order valence-electron chi connectivity index (χ2n) is 4.87. The molecule has 21 heavy (non-hydrogen) atoms. The summed E-state index contributed by atoms with van der Waals surface area (Å²) >= 11 is 0. The predicted octanol–water partition coefficient (Wildman–Crippen LogP) is 1.83. The van der Waals surface area contributed by atoms with E-state index in [0.29, 0.717) is 5.56 Å². The average molecular weight is 290 g/mol. The van der Waals surface area contributed by atoms with E-state index in [0.717, 1.165) is 0 Å². The molecule has 0 aromatic heterocycles. The van der Waals surface area contributed by atoms with Crippen LogP contribution in [0.5, 0.6) is 5.75 Å². The molecule has 0 unspecified atom stereocenters. The van der Waals surface area contributed by atoms with E-state index in [4.69, 9.17) is 14.2 Å². The summed E-state index contributed by atoms with van der Waals surface area (Å²) in [6.07, 6.45) is 1.28. The van der Waals surface area contributed by atoms with Crippen molar-refractivity contribution in [3.05, 3.63) is 35.4 Å². The van der Waals surface area contributed by atoms with Crippen molar-refractivity contribution in [1.29, 1.82) is 0 Å². The van der Waals surface area contributed by atoms with Gasteiger partial charge in [-0.1, -0.05) is 18.2 Å². The number of cyclic esters (lactones) is 2. The Hall–Kier alpha value is -2.63. The Labute approximate surface area is 121 Å². The molecule has 1 aromatic carbocycles. The van der Waals surface area contributed by atoms with E-state index in [1.54, 1.807) is 24.3 Å². The number of carbonyl (C=O) groups is 3. The largest absolute Gasteiger partial charge is 0.426 e. The summed E-state index contributed by atoms with van der Waals surface area (Å²) in [5.41, 5.74) is 0.144. The van der Waals surface area contributed by atoms with Crippen molar-refractivity contribution in [3.8, 4) is 5.75 Å². The van der Waals surface area contributed by atoms with Crippen LogP contribution >= 0.6 is 0 Å². The maximum Gasteiger partial charge on any atom is 0.348 e. The number of benzene rings is 1. The molecule has 0 spiro atoms. The number of hydrogen-bond acceptors (Lipinski definition) is 6. The molecule has 6 heteroatoms. The first-order valence-electron chi connectivity index (χ1n) is 6.24. The minimum absolute atomic E-state index is 0.239. The molecule has 1 saturated heterocycles. The van der Waals surface area contributed by atoms with Crippen LogP contribution in [0, 0.1) is 0 Å². The van der Waals surface area contributed by atoms with Crippen LogP contribution in [-0.4, -0.2) is 23.7 Å². The van der Waals surface area contributed by atoms with Crippen LogP contribution in [-0.2, 0) is 23.9 Å². The van der Waals surface area contributed by atoms with Crippen LogP contribution < -0.4 is 4.74 Å². The van der Waals surface area contributed by atoms with Gasteiger partial charge in [-0.15, -0.1) is 0 Å². The van der Waals surface area contributed by atoms with Crippen LogP contribution in [0.3, 0.4) is 0 Å². The van der Waals surface area contributed by atoms with Crippen molar-refractivity contribution in [2.45, 2.75) is 26.6 Å². The van der Waals surface area contributed by atoms with Crippen LogP contribution in [0.4, 0.5) is 0 Å². The van der Waals surface area contributed by atoms with Crippen LogP contribution in [0.25, 0.3) is 6.08 Å². The van der Waals surface area contributed by atoms with E-state index in [2.05, 4.69) is 0 Å². The second-order valence-corrected chi connectivity index (χ2v) is 4.87. The third kappa shape index (κ3) is 3.47. The van der Waals surface area contributed by atoms with Crippen molar-refractivity contribution >= 4 is 24.0 Å². The summed E-state index contributed by atoms with van der Waals surface area (Å²) in [7, 11) is 0. The summed E-state index contributed by atoms with van der Waals surface area (Å²) in [5.74, 6) is -3.12. The highest BCUT2D eigenvalue weighted by atomic mass is 16.7. The van der Waals surface area contributed by atoms with Gasteiger partial charge in [0, 0.05) is 26.3 Å². The minimum Gasteiger partial charge on any atom is -0.426 e. The van der Waals surface area contributed by atoms with E-state index in [9.17, 15) is 14.4 Å². The molecular weight excluding hydrogens is 276 g/mol. The second kappa shape index (κ2) is 5.40. The molecule has 0 bridgehead atoms. The Morgan fingerprint density at radius 3 is 2.29 bits per heavy atom. The summed E-state index contributed by atoms with van der Waals surface area (Å²) in [6, 6.07) is 6.51. The van der Waals surface area contributed by atoms with Gasteiger partial charge in [0.05, 0.1) is 0 Å². The van der Waals surface area contributed by atoms with Gasteiger partial charge < -0.3 is 14.2 Å². The molecule has 2 rings (SSSR count). The Morgan fingerprint density at radius 1 is 1.14 bits per heavy atom. The standard InChI is InChI=1S/C15H14O6/c1-9(16)19-12-7-5-4-6-10(12)8-11-13(17)20-15(2,3)21-14(11)18/h4-8H,1-3H3.